The monoisotopic (exact) mass is 1110 g/mol. The fourth-order valence-electron chi connectivity index (χ4n) is 13.7. The first-order valence-corrected chi connectivity index (χ1v) is 30.2. The molecule has 0 N–H and O–H groups in total. The van der Waals surface area contributed by atoms with Crippen LogP contribution in [0.5, 0.6) is 0 Å². The van der Waals surface area contributed by atoms with Gasteiger partial charge in [-0.15, -0.1) is 0 Å². The average Bonchev–Trinajstić information content (AvgIpc) is 1.71. The van der Waals surface area contributed by atoms with Crippen LogP contribution in [0.4, 0.5) is 51.2 Å². The molecule has 2 aliphatic heterocycles. The number of nitrogens with zero attached hydrogens (tertiary/aromatic N) is 4. The molecule has 5 heterocycles. The van der Waals surface area contributed by atoms with Gasteiger partial charge in [-0.05, 0) is 157 Å². The number of anilines is 9. The fraction of sp³-hybridized carbons (Fsp3) is 0.205. The van der Waals surface area contributed by atoms with E-state index in [9.17, 15) is 0 Å². The van der Waals surface area contributed by atoms with E-state index < -0.39 is 0 Å². The Morgan fingerprint density at radius 2 is 0.753 bits per heavy atom. The van der Waals surface area contributed by atoms with Gasteiger partial charge >= 0.3 is 0 Å². The van der Waals surface area contributed by atoms with Crippen molar-refractivity contribution in [2.45, 2.75) is 105 Å². The van der Waals surface area contributed by atoms with Crippen LogP contribution in [0.3, 0.4) is 0 Å². The molecule has 0 saturated heterocycles. The molecule has 0 spiro atoms. The van der Waals surface area contributed by atoms with Crippen molar-refractivity contribution in [1.82, 2.24) is 4.57 Å². The van der Waals surface area contributed by atoms with Gasteiger partial charge in [0.15, 0.2) is 0 Å². The Kier molecular flexibility index (Phi) is 11.5. The molecule has 0 saturated carbocycles. The fourth-order valence-corrected chi connectivity index (χ4v) is 13.7. The molecule has 0 radical (unpaired) electrons. The summed E-state index contributed by atoms with van der Waals surface area (Å²) in [6, 6.07) is 79.5. The number of aromatic nitrogens is 1. The Morgan fingerprint density at radius 3 is 1.28 bits per heavy atom. The van der Waals surface area contributed by atoms with Gasteiger partial charge < -0.3 is 23.5 Å². The van der Waals surface area contributed by atoms with Gasteiger partial charge in [-0.3, -0.25) is 4.57 Å². The summed E-state index contributed by atoms with van der Waals surface area (Å²) in [5.41, 5.74) is 24.0. The highest BCUT2D eigenvalue weighted by Gasteiger charge is 2.44. The number of hydrogen-bond donors (Lipinski definition) is 0. The van der Waals surface area contributed by atoms with Gasteiger partial charge in [0, 0.05) is 61.7 Å². The summed E-state index contributed by atoms with van der Waals surface area (Å²) in [6.45, 7) is 27.3. The Morgan fingerprint density at radius 1 is 0.329 bits per heavy atom. The van der Waals surface area contributed by atoms with E-state index in [-0.39, 0.29) is 28.4 Å². The van der Waals surface area contributed by atoms with E-state index in [1.54, 1.807) is 0 Å². The van der Waals surface area contributed by atoms with Gasteiger partial charge in [-0.2, -0.15) is 0 Å². The number of benzene rings is 10. The third kappa shape index (κ3) is 8.36. The predicted molar refractivity (Wildman–Crippen MR) is 361 cm³/mol. The molecule has 418 valence electrons. The van der Waals surface area contributed by atoms with Gasteiger partial charge in [0.05, 0.1) is 27.7 Å². The molecule has 10 aromatic carbocycles. The molecule has 0 fully saturated rings. The van der Waals surface area contributed by atoms with E-state index in [0.29, 0.717) is 0 Å². The highest BCUT2D eigenvalue weighted by atomic mass is 16.3. The number of fused-ring (bicyclic) bond motifs is 12. The highest BCUT2D eigenvalue weighted by Crippen LogP contribution is 2.51. The number of rotatable bonds is 7. The summed E-state index contributed by atoms with van der Waals surface area (Å²) in [7, 11) is 0. The molecule has 85 heavy (non-hydrogen) atoms. The van der Waals surface area contributed by atoms with Crippen molar-refractivity contribution >= 4 is 129 Å². The van der Waals surface area contributed by atoms with E-state index in [1.165, 1.54) is 49.5 Å². The predicted octanol–water partition coefficient (Wildman–Crippen LogP) is 20.2. The third-order valence-electron chi connectivity index (χ3n) is 18.2. The molecule has 3 aromatic heterocycles. The highest BCUT2D eigenvalue weighted by molar-refractivity contribution is 7.00. The first-order chi connectivity index (χ1) is 40.7. The zero-order chi connectivity index (χ0) is 58.6. The molecule has 0 bridgehead atoms. The molecule has 2 aliphatic rings. The summed E-state index contributed by atoms with van der Waals surface area (Å²) in [4.78, 5) is 7.47. The lowest BCUT2D eigenvalue weighted by Gasteiger charge is -2.42. The van der Waals surface area contributed by atoms with E-state index in [1.807, 2.05) is 0 Å². The van der Waals surface area contributed by atoms with Crippen LogP contribution in [0.25, 0.3) is 60.6 Å². The lowest BCUT2D eigenvalue weighted by Crippen LogP contribution is -2.60. The second-order valence-corrected chi connectivity index (χ2v) is 27.9. The van der Waals surface area contributed by atoms with Crippen LogP contribution in [0, 0.1) is 0 Å². The van der Waals surface area contributed by atoms with Crippen LogP contribution in [-0.2, 0) is 21.7 Å². The molecular weight excluding hydrogens is 1040 g/mol. The summed E-state index contributed by atoms with van der Waals surface area (Å²) >= 11 is 0. The van der Waals surface area contributed by atoms with Crippen LogP contribution in [0.1, 0.15) is 105 Å². The second kappa shape index (κ2) is 18.7. The summed E-state index contributed by atoms with van der Waals surface area (Å²) in [5, 5.41) is 5.55. The topological polar surface area (TPSA) is 40.9 Å². The van der Waals surface area contributed by atoms with Gasteiger partial charge in [0.1, 0.15) is 16.7 Å². The van der Waals surface area contributed by atoms with Crippen LogP contribution >= 0.6 is 0 Å². The van der Waals surface area contributed by atoms with Gasteiger partial charge in [0.25, 0.3) is 6.71 Å². The molecule has 0 amide bonds. The quantitative estimate of drug-likeness (QED) is 0.149. The molecule has 6 nitrogen and oxygen atoms in total. The molecule has 0 unspecified atom stereocenters. The zero-order valence-corrected chi connectivity index (χ0v) is 50.9. The minimum atomic E-state index is -0.155. The maximum Gasteiger partial charge on any atom is 0.252 e. The van der Waals surface area contributed by atoms with Crippen LogP contribution in [0.15, 0.2) is 221 Å². The summed E-state index contributed by atoms with van der Waals surface area (Å²) < 4.78 is 16.4. The Hall–Kier alpha value is -9.20. The number of para-hydroxylation sites is 3. The first-order valence-electron chi connectivity index (χ1n) is 30.2. The van der Waals surface area contributed by atoms with Crippen molar-refractivity contribution in [2.75, 3.05) is 14.7 Å². The van der Waals surface area contributed by atoms with Crippen molar-refractivity contribution in [3.63, 3.8) is 0 Å². The Labute approximate surface area is 499 Å². The van der Waals surface area contributed by atoms with E-state index >= 15 is 0 Å². The molecule has 15 rings (SSSR count). The van der Waals surface area contributed by atoms with Gasteiger partial charge in [0.2, 0.25) is 5.71 Å². The van der Waals surface area contributed by atoms with E-state index in [4.69, 9.17) is 8.83 Å². The van der Waals surface area contributed by atoms with Gasteiger partial charge in [-0.25, -0.2) is 0 Å². The number of furan rings is 2. The average molecular weight is 1110 g/mol. The lowest BCUT2D eigenvalue weighted by molar-refractivity contribution is 0.590. The number of hydrogen-bond acceptors (Lipinski definition) is 5. The van der Waals surface area contributed by atoms with Gasteiger partial charge in [-0.1, -0.05) is 198 Å². The molecular formula is C78H71BN4O2. The smallest absolute Gasteiger partial charge is 0.252 e. The van der Waals surface area contributed by atoms with Crippen LogP contribution in [-0.4, -0.2) is 11.3 Å². The van der Waals surface area contributed by atoms with Crippen molar-refractivity contribution < 1.29 is 8.83 Å². The molecule has 0 atom stereocenters. The Bertz CT molecular complexity index is 4690. The summed E-state index contributed by atoms with van der Waals surface area (Å²) in [5.74, 6) is 0. The third-order valence-corrected chi connectivity index (χ3v) is 18.2. The maximum atomic E-state index is 7.16. The first kappa shape index (κ1) is 52.6. The zero-order valence-electron chi connectivity index (χ0n) is 50.9. The largest absolute Gasteiger partial charge is 0.456 e. The van der Waals surface area contributed by atoms with Crippen molar-refractivity contribution in [3.8, 4) is 5.69 Å². The molecule has 0 aliphatic carbocycles. The van der Waals surface area contributed by atoms with E-state index in [2.05, 4.69) is 315 Å². The second-order valence-electron chi connectivity index (χ2n) is 27.9. The van der Waals surface area contributed by atoms with E-state index in [0.717, 1.165) is 101 Å². The minimum absolute atomic E-state index is 0.00683. The standard InChI is InChI=1S/C78H71BN4O2/c1-75(2,3)48-27-35-52(36-28-48)80(53-37-29-49(30-38-53)76(4,5)6)56-43-44-61-64(45-56)82(63-23-18-26-69-71(63)59-20-14-15-24-67(59)84-69)65-46-57(81(54-39-31-50(32-40-54)77(7,8)9)55-41-33-51(34-42-55)78(10,11)12)47-66-72(65)79(61)62-22-17-21-60-70-58-19-13-16-25-68(58)85-74(70)83(66)73(60)62/h13-47H,1-12H3. The van der Waals surface area contributed by atoms with Crippen molar-refractivity contribution in [3.05, 3.63) is 235 Å². The SMILES string of the molecule is CC(C)(C)c1ccc(N(c2ccc(C(C)(C)C)cc2)c2ccc3c(c2)N(c2cccc4oc5ccccc5c24)c2cc(N(c4ccc(C(C)(C)C)cc4)c4ccc(C(C)(C)C)cc4)cc4c2B3c2cccc3c5c6ccccc6oc5n-4c23)cc1. The van der Waals surface area contributed by atoms with Crippen LogP contribution in [0.2, 0.25) is 0 Å². The molecule has 7 heteroatoms. The maximum absolute atomic E-state index is 7.16. The molecule has 13 aromatic rings. The lowest BCUT2D eigenvalue weighted by atomic mass is 9.33. The van der Waals surface area contributed by atoms with Crippen molar-refractivity contribution in [2.24, 2.45) is 0 Å². The van der Waals surface area contributed by atoms with Crippen molar-refractivity contribution in [1.29, 1.82) is 0 Å². The summed E-state index contributed by atoms with van der Waals surface area (Å²) in [6.07, 6.45) is 0. The Balaban J connectivity index is 1.07. The van der Waals surface area contributed by atoms with Crippen LogP contribution < -0.4 is 31.1 Å². The normalized spacial score (nSPS) is 13.4. The minimum Gasteiger partial charge on any atom is -0.456 e.